The normalized spacial score (nSPS) is 15.9. The Morgan fingerprint density at radius 3 is 2.78 bits per heavy atom. The van der Waals surface area contributed by atoms with Crippen molar-refractivity contribution in [2.45, 2.75) is 38.2 Å². The zero-order valence-electron chi connectivity index (χ0n) is 10.3. The van der Waals surface area contributed by atoms with E-state index in [1.807, 2.05) is 0 Å². The fraction of sp³-hybridized carbons (Fsp3) is 0.467. The summed E-state index contributed by atoms with van der Waals surface area (Å²) in [5.74, 6) is 5.52. The number of hydrogen-bond donors (Lipinski definition) is 1. The van der Waals surface area contributed by atoms with Gasteiger partial charge in [0.25, 0.3) is 0 Å². The minimum absolute atomic E-state index is 0.162. The average Bonchev–Trinajstić information content (AvgIpc) is 2.39. The molecule has 1 aliphatic rings. The number of ether oxygens (including phenoxy) is 1. The topological polar surface area (TPSA) is 29.5 Å². The quantitative estimate of drug-likeness (QED) is 0.815. The Hall–Kier alpha value is -1.53. The maximum atomic E-state index is 13.2. The van der Waals surface area contributed by atoms with Gasteiger partial charge in [0.05, 0.1) is 11.7 Å². The molecule has 0 spiro atoms. The van der Waals surface area contributed by atoms with Gasteiger partial charge in [-0.15, -0.1) is 0 Å². The molecule has 0 atom stereocenters. The molecule has 2 rings (SSSR count). The van der Waals surface area contributed by atoms with E-state index in [9.17, 15) is 4.39 Å². The van der Waals surface area contributed by atoms with Crippen LogP contribution >= 0.6 is 0 Å². The average molecular weight is 248 g/mol. The number of benzene rings is 1. The Bertz CT molecular complexity index is 453. The van der Waals surface area contributed by atoms with Crippen molar-refractivity contribution in [3.63, 3.8) is 0 Å². The number of hydrogen-bond acceptors (Lipinski definition) is 2. The lowest BCUT2D eigenvalue weighted by Gasteiger charge is -2.23. The predicted octanol–water partition coefficient (Wildman–Crippen LogP) is 2.88. The highest BCUT2D eigenvalue weighted by Gasteiger charge is 2.16. The Labute approximate surface area is 107 Å². The molecule has 0 heterocycles. The van der Waals surface area contributed by atoms with E-state index >= 15 is 0 Å². The number of rotatable bonds is 2. The molecule has 96 valence electrons. The fourth-order valence-electron chi connectivity index (χ4n) is 2.19. The third-order valence-electron chi connectivity index (χ3n) is 3.09. The predicted molar refractivity (Wildman–Crippen MR) is 67.9 cm³/mol. The highest BCUT2D eigenvalue weighted by Crippen LogP contribution is 2.26. The van der Waals surface area contributed by atoms with E-state index in [1.54, 1.807) is 6.07 Å². The van der Waals surface area contributed by atoms with E-state index in [1.165, 1.54) is 18.6 Å². The van der Waals surface area contributed by atoms with Crippen LogP contribution < -0.4 is 4.74 Å². The van der Waals surface area contributed by atoms with Crippen molar-refractivity contribution in [2.75, 3.05) is 6.61 Å². The summed E-state index contributed by atoms with van der Waals surface area (Å²) >= 11 is 0. The molecule has 2 nitrogen and oxygen atoms in total. The van der Waals surface area contributed by atoms with Gasteiger partial charge in [-0.2, -0.15) is 0 Å². The second-order valence-electron chi connectivity index (χ2n) is 4.48. The van der Waals surface area contributed by atoms with Crippen molar-refractivity contribution in [1.29, 1.82) is 0 Å². The van der Waals surface area contributed by atoms with E-state index in [0.29, 0.717) is 11.3 Å². The molecular weight excluding hydrogens is 231 g/mol. The van der Waals surface area contributed by atoms with Gasteiger partial charge in [-0.3, -0.25) is 0 Å². The van der Waals surface area contributed by atoms with E-state index in [2.05, 4.69) is 11.8 Å². The summed E-state index contributed by atoms with van der Waals surface area (Å²) in [7, 11) is 0. The Kier molecular flexibility index (Phi) is 4.60. The molecule has 0 aromatic heterocycles. The minimum atomic E-state index is -0.324. The largest absolute Gasteiger partial charge is 0.489 e. The van der Waals surface area contributed by atoms with Gasteiger partial charge >= 0.3 is 0 Å². The van der Waals surface area contributed by atoms with Crippen molar-refractivity contribution in [3.8, 4) is 17.6 Å². The van der Waals surface area contributed by atoms with Crippen LogP contribution in [-0.2, 0) is 0 Å². The van der Waals surface area contributed by atoms with Crippen LogP contribution in [0.25, 0.3) is 0 Å². The number of aliphatic hydroxyl groups is 1. The van der Waals surface area contributed by atoms with E-state index in [4.69, 9.17) is 9.84 Å². The Morgan fingerprint density at radius 2 is 2.06 bits per heavy atom. The molecule has 0 bridgehead atoms. The van der Waals surface area contributed by atoms with Gasteiger partial charge in [-0.1, -0.05) is 18.3 Å². The highest BCUT2D eigenvalue weighted by molar-refractivity contribution is 5.46. The minimum Gasteiger partial charge on any atom is -0.489 e. The molecule has 1 fully saturated rings. The lowest BCUT2D eigenvalue weighted by atomic mass is 9.97. The molecule has 1 saturated carbocycles. The van der Waals surface area contributed by atoms with Gasteiger partial charge in [-0.05, 0) is 37.8 Å². The SMILES string of the molecule is OCC#Cc1ccc(F)cc1OC1CCCCC1. The Balaban J connectivity index is 2.15. The zero-order valence-corrected chi connectivity index (χ0v) is 10.3. The lowest BCUT2D eigenvalue weighted by molar-refractivity contribution is 0.154. The van der Waals surface area contributed by atoms with E-state index in [0.717, 1.165) is 25.7 Å². The van der Waals surface area contributed by atoms with E-state index in [-0.39, 0.29) is 18.5 Å². The van der Waals surface area contributed by atoms with E-state index < -0.39 is 0 Å². The van der Waals surface area contributed by atoms with Crippen LogP contribution in [0.4, 0.5) is 4.39 Å². The zero-order chi connectivity index (χ0) is 12.8. The van der Waals surface area contributed by atoms with Gasteiger partial charge in [0, 0.05) is 6.07 Å². The smallest absolute Gasteiger partial charge is 0.138 e. The molecule has 1 aromatic rings. The monoisotopic (exact) mass is 248 g/mol. The third-order valence-corrected chi connectivity index (χ3v) is 3.09. The summed E-state index contributed by atoms with van der Waals surface area (Å²) in [6, 6.07) is 4.32. The Morgan fingerprint density at radius 1 is 1.28 bits per heavy atom. The molecule has 0 amide bonds. The first-order valence-corrected chi connectivity index (χ1v) is 6.35. The van der Waals surface area contributed by atoms with Crippen molar-refractivity contribution in [3.05, 3.63) is 29.6 Å². The summed E-state index contributed by atoms with van der Waals surface area (Å²) in [6.45, 7) is -0.208. The number of halogens is 1. The molecule has 18 heavy (non-hydrogen) atoms. The van der Waals surface area contributed by atoms with Crippen LogP contribution in [0, 0.1) is 17.7 Å². The van der Waals surface area contributed by atoms with Crippen LogP contribution in [0.15, 0.2) is 18.2 Å². The van der Waals surface area contributed by atoms with Crippen LogP contribution in [-0.4, -0.2) is 17.8 Å². The molecule has 0 radical (unpaired) electrons. The van der Waals surface area contributed by atoms with Crippen LogP contribution in [0.1, 0.15) is 37.7 Å². The van der Waals surface area contributed by atoms with Crippen molar-refractivity contribution in [1.82, 2.24) is 0 Å². The maximum absolute atomic E-state index is 13.2. The first kappa shape index (κ1) is 12.9. The molecule has 1 aromatic carbocycles. The second-order valence-corrected chi connectivity index (χ2v) is 4.48. The second kappa shape index (κ2) is 6.42. The number of aliphatic hydroxyl groups excluding tert-OH is 1. The lowest BCUT2D eigenvalue weighted by Crippen LogP contribution is -2.20. The maximum Gasteiger partial charge on any atom is 0.138 e. The van der Waals surface area contributed by atoms with Gasteiger partial charge in [0.2, 0.25) is 0 Å². The summed E-state index contributed by atoms with van der Waals surface area (Å²) in [5.41, 5.74) is 0.635. The van der Waals surface area contributed by atoms with Crippen LogP contribution in [0.2, 0.25) is 0 Å². The molecule has 0 aliphatic heterocycles. The first-order valence-electron chi connectivity index (χ1n) is 6.35. The van der Waals surface area contributed by atoms with Crippen molar-refractivity contribution >= 4 is 0 Å². The van der Waals surface area contributed by atoms with Crippen molar-refractivity contribution in [2.24, 2.45) is 0 Å². The molecule has 1 N–H and O–H groups in total. The van der Waals surface area contributed by atoms with Gasteiger partial charge in [0.1, 0.15) is 18.2 Å². The van der Waals surface area contributed by atoms with Crippen LogP contribution in [0.3, 0.4) is 0 Å². The molecule has 1 aliphatic carbocycles. The van der Waals surface area contributed by atoms with Crippen LogP contribution in [0.5, 0.6) is 5.75 Å². The van der Waals surface area contributed by atoms with Crippen molar-refractivity contribution < 1.29 is 14.2 Å². The fourth-order valence-corrected chi connectivity index (χ4v) is 2.19. The molecule has 0 saturated heterocycles. The van der Waals surface area contributed by atoms with Gasteiger partial charge in [0.15, 0.2) is 0 Å². The van der Waals surface area contributed by atoms with Gasteiger partial charge < -0.3 is 9.84 Å². The van der Waals surface area contributed by atoms with Gasteiger partial charge in [-0.25, -0.2) is 4.39 Å². The molecule has 3 heteroatoms. The first-order chi connectivity index (χ1) is 8.79. The standard InChI is InChI=1S/C15H17FO2/c16-13-9-8-12(5-4-10-17)15(11-13)18-14-6-2-1-3-7-14/h8-9,11,14,17H,1-3,6-7,10H2. The third kappa shape index (κ3) is 3.48. The summed E-state index contributed by atoms with van der Waals surface area (Å²) in [5, 5.41) is 8.71. The summed E-state index contributed by atoms with van der Waals surface area (Å²) in [4.78, 5) is 0. The summed E-state index contributed by atoms with van der Waals surface area (Å²) < 4.78 is 19.1. The highest BCUT2D eigenvalue weighted by atomic mass is 19.1. The summed E-state index contributed by atoms with van der Waals surface area (Å²) in [6.07, 6.45) is 5.78. The molecular formula is C15H17FO2. The molecule has 0 unspecified atom stereocenters.